The Hall–Kier alpha value is -1.56. The number of likely N-dealkylation sites (tertiary alicyclic amines) is 1. The topological polar surface area (TPSA) is 34.0 Å². The Morgan fingerprint density at radius 2 is 2.15 bits per heavy atom. The number of nitrogens with zero attached hydrogens (tertiary/aromatic N) is 4. The van der Waals surface area contributed by atoms with Crippen molar-refractivity contribution in [2.24, 2.45) is 7.05 Å². The van der Waals surface area contributed by atoms with Gasteiger partial charge in [0.05, 0.1) is 0 Å². The zero-order chi connectivity index (χ0) is 18.4. The van der Waals surface area contributed by atoms with Gasteiger partial charge in [0, 0.05) is 36.8 Å². The molecule has 3 rings (SSSR count). The summed E-state index contributed by atoms with van der Waals surface area (Å²) in [6.07, 6.45) is 6.25. The minimum absolute atomic E-state index is 0.403. The van der Waals surface area contributed by atoms with Gasteiger partial charge in [0.1, 0.15) is 5.82 Å². The summed E-state index contributed by atoms with van der Waals surface area (Å²) in [5.74, 6) is 2.33. The van der Waals surface area contributed by atoms with Gasteiger partial charge in [-0.1, -0.05) is 59.8 Å². The van der Waals surface area contributed by atoms with Crippen LogP contribution in [0.15, 0.2) is 53.2 Å². The molecule has 0 amide bonds. The van der Waals surface area contributed by atoms with Crippen molar-refractivity contribution in [1.82, 2.24) is 19.7 Å². The van der Waals surface area contributed by atoms with Crippen LogP contribution in [0.1, 0.15) is 30.1 Å². The first kappa shape index (κ1) is 19.2. The average molecular weight is 389 g/mol. The number of aromatic nitrogens is 3. The number of rotatable bonds is 7. The molecule has 6 heteroatoms. The van der Waals surface area contributed by atoms with Crippen LogP contribution in [0.25, 0.3) is 6.08 Å². The van der Waals surface area contributed by atoms with Crippen molar-refractivity contribution >= 4 is 29.4 Å². The molecule has 4 nitrogen and oxygen atoms in total. The van der Waals surface area contributed by atoms with Crippen LogP contribution in [-0.2, 0) is 7.05 Å². The van der Waals surface area contributed by atoms with Crippen molar-refractivity contribution in [3.63, 3.8) is 0 Å². The van der Waals surface area contributed by atoms with Gasteiger partial charge in [-0.15, -0.1) is 16.8 Å². The number of hydrogen-bond donors (Lipinski definition) is 0. The fourth-order valence-electron chi connectivity index (χ4n) is 3.34. The van der Waals surface area contributed by atoms with Crippen molar-refractivity contribution in [2.75, 3.05) is 25.4 Å². The fraction of sp³-hybridized carbons (Fsp3) is 0.400. The number of hydrogen-bond acceptors (Lipinski definition) is 4. The molecule has 0 spiro atoms. The lowest BCUT2D eigenvalue weighted by Gasteiger charge is -2.32. The highest BCUT2D eigenvalue weighted by atomic mass is 35.5. The van der Waals surface area contributed by atoms with Gasteiger partial charge < -0.3 is 4.57 Å². The average Bonchev–Trinajstić information content (AvgIpc) is 3.01. The van der Waals surface area contributed by atoms with E-state index in [1.54, 1.807) is 11.8 Å². The first-order valence-electron chi connectivity index (χ1n) is 8.94. The molecule has 0 radical (unpaired) electrons. The van der Waals surface area contributed by atoms with Crippen LogP contribution in [0.5, 0.6) is 0 Å². The van der Waals surface area contributed by atoms with E-state index in [-0.39, 0.29) is 0 Å². The van der Waals surface area contributed by atoms with Crippen LogP contribution < -0.4 is 0 Å². The molecule has 0 saturated carbocycles. The summed E-state index contributed by atoms with van der Waals surface area (Å²) in [5.41, 5.74) is 1.14. The lowest BCUT2D eigenvalue weighted by atomic mass is 9.97. The largest absolute Gasteiger partial charge is 0.309 e. The van der Waals surface area contributed by atoms with E-state index in [2.05, 4.69) is 51.5 Å². The van der Waals surface area contributed by atoms with Crippen molar-refractivity contribution in [1.29, 1.82) is 0 Å². The van der Waals surface area contributed by atoms with Crippen LogP contribution in [0.3, 0.4) is 0 Å². The molecular weight excluding hydrogens is 364 g/mol. The van der Waals surface area contributed by atoms with Crippen molar-refractivity contribution < 1.29 is 0 Å². The van der Waals surface area contributed by atoms with Crippen LogP contribution in [0, 0.1) is 0 Å². The van der Waals surface area contributed by atoms with E-state index in [1.807, 2.05) is 24.3 Å². The molecule has 1 saturated heterocycles. The van der Waals surface area contributed by atoms with Gasteiger partial charge in [-0.2, -0.15) is 0 Å². The standard InChI is InChI=1S/C20H25ClN4S/c1-3-12-26-20-23-22-19(24(20)2)17-10-7-11-25(14-17)15-18(21)13-16-8-5-4-6-9-16/h3-6,8-9,13,17H,1,7,10-12,14-15H2,2H3/b18-13-. The summed E-state index contributed by atoms with van der Waals surface area (Å²) in [5, 5.41) is 10.6. The molecule has 138 valence electrons. The van der Waals surface area contributed by atoms with Crippen LogP contribution in [0.4, 0.5) is 0 Å². The monoisotopic (exact) mass is 388 g/mol. The second kappa shape index (κ2) is 9.40. The highest BCUT2D eigenvalue weighted by molar-refractivity contribution is 7.99. The molecule has 2 heterocycles. The summed E-state index contributed by atoms with van der Waals surface area (Å²) >= 11 is 8.18. The lowest BCUT2D eigenvalue weighted by molar-refractivity contribution is 0.220. The SMILES string of the molecule is C=CCSc1nnc(C2CCCN(C/C(Cl)=C/c3ccccc3)C2)n1C. The van der Waals surface area contributed by atoms with Gasteiger partial charge in [-0.3, -0.25) is 4.90 Å². The Labute approximate surface area is 164 Å². The maximum absolute atomic E-state index is 6.51. The van der Waals surface area contributed by atoms with E-state index in [0.717, 1.165) is 59.8 Å². The third-order valence-corrected chi connectivity index (χ3v) is 5.81. The normalized spacial score (nSPS) is 18.8. The van der Waals surface area contributed by atoms with E-state index in [4.69, 9.17) is 11.6 Å². The molecule has 2 aromatic rings. The number of halogens is 1. The third-order valence-electron chi connectivity index (χ3n) is 4.57. The molecule has 1 fully saturated rings. The van der Waals surface area contributed by atoms with Crippen LogP contribution >= 0.6 is 23.4 Å². The number of thioether (sulfide) groups is 1. The second-order valence-electron chi connectivity index (χ2n) is 6.58. The summed E-state index contributed by atoms with van der Waals surface area (Å²) in [7, 11) is 2.06. The minimum Gasteiger partial charge on any atom is -0.309 e. The molecular formula is C20H25ClN4S. The second-order valence-corrected chi connectivity index (χ2v) is 8.05. The molecule has 1 aliphatic heterocycles. The fourth-order valence-corrected chi connectivity index (χ4v) is 4.29. The minimum atomic E-state index is 0.403. The molecule has 1 aromatic heterocycles. The van der Waals surface area contributed by atoms with E-state index >= 15 is 0 Å². The summed E-state index contributed by atoms with van der Waals surface area (Å²) in [4.78, 5) is 2.42. The van der Waals surface area contributed by atoms with E-state index in [1.165, 1.54) is 0 Å². The van der Waals surface area contributed by atoms with Gasteiger partial charge in [0.25, 0.3) is 0 Å². The zero-order valence-electron chi connectivity index (χ0n) is 15.1. The predicted molar refractivity (Wildman–Crippen MR) is 111 cm³/mol. The lowest BCUT2D eigenvalue weighted by Crippen LogP contribution is -2.36. The quantitative estimate of drug-likeness (QED) is 0.514. The van der Waals surface area contributed by atoms with Gasteiger partial charge >= 0.3 is 0 Å². The van der Waals surface area contributed by atoms with Crippen LogP contribution in [0.2, 0.25) is 0 Å². The summed E-state index contributed by atoms with van der Waals surface area (Å²) < 4.78 is 2.13. The van der Waals surface area contributed by atoms with Crippen LogP contribution in [-0.4, -0.2) is 45.1 Å². The highest BCUT2D eigenvalue weighted by Gasteiger charge is 2.26. The van der Waals surface area contributed by atoms with Gasteiger partial charge in [0.15, 0.2) is 5.16 Å². The molecule has 0 bridgehead atoms. The van der Waals surface area contributed by atoms with Crippen molar-refractivity contribution in [2.45, 2.75) is 23.9 Å². The Bertz CT molecular complexity index is 756. The Kier molecular flexibility index (Phi) is 6.94. The van der Waals surface area contributed by atoms with E-state index in [9.17, 15) is 0 Å². The predicted octanol–water partition coefficient (Wildman–Crippen LogP) is 4.55. The number of piperidine rings is 1. The third kappa shape index (κ3) is 5.00. The maximum atomic E-state index is 6.51. The Morgan fingerprint density at radius 3 is 2.92 bits per heavy atom. The molecule has 1 aromatic carbocycles. The molecule has 26 heavy (non-hydrogen) atoms. The highest BCUT2D eigenvalue weighted by Crippen LogP contribution is 2.28. The molecule has 0 N–H and O–H groups in total. The summed E-state index contributed by atoms with van der Waals surface area (Å²) in [6, 6.07) is 10.2. The van der Waals surface area contributed by atoms with Gasteiger partial charge in [-0.25, -0.2) is 0 Å². The molecule has 1 unspecified atom stereocenters. The smallest absolute Gasteiger partial charge is 0.191 e. The van der Waals surface area contributed by atoms with E-state index < -0.39 is 0 Å². The molecule has 1 atom stereocenters. The maximum Gasteiger partial charge on any atom is 0.191 e. The first-order chi connectivity index (χ1) is 12.7. The van der Waals surface area contributed by atoms with Gasteiger partial charge in [0.2, 0.25) is 0 Å². The van der Waals surface area contributed by atoms with Gasteiger partial charge in [-0.05, 0) is 31.0 Å². The Balaban J connectivity index is 1.63. The molecule has 0 aliphatic carbocycles. The first-order valence-corrected chi connectivity index (χ1v) is 10.3. The number of benzene rings is 1. The van der Waals surface area contributed by atoms with Crippen molar-refractivity contribution in [3.8, 4) is 0 Å². The Morgan fingerprint density at radius 1 is 1.35 bits per heavy atom. The molecule has 1 aliphatic rings. The van der Waals surface area contributed by atoms with Crippen molar-refractivity contribution in [3.05, 3.63) is 59.4 Å². The zero-order valence-corrected chi connectivity index (χ0v) is 16.7. The summed E-state index contributed by atoms with van der Waals surface area (Å²) in [6.45, 7) is 6.59. The van der Waals surface area contributed by atoms with E-state index in [0.29, 0.717) is 5.92 Å².